The molecular weight excluding hydrogens is 422 g/mol. The summed E-state index contributed by atoms with van der Waals surface area (Å²) in [6.07, 6.45) is 4.59. The van der Waals surface area contributed by atoms with Crippen molar-refractivity contribution in [3.63, 3.8) is 0 Å². The Labute approximate surface area is 180 Å². The predicted molar refractivity (Wildman–Crippen MR) is 112 cm³/mol. The third-order valence-corrected chi connectivity index (χ3v) is 4.66. The summed E-state index contributed by atoms with van der Waals surface area (Å²) in [5.41, 5.74) is -0.952. The molecule has 31 heavy (non-hydrogen) atoms. The lowest BCUT2D eigenvalue weighted by atomic mass is 10.3. The zero-order chi connectivity index (χ0) is 21.8. The molecule has 0 atom stereocenters. The molecule has 3 aromatic heterocycles. The van der Waals surface area contributed by atoms with Gasteiger partial charge in [0.15, 0.2) is 0 Å². The molecule has 0 radical (unpaired) electrons. The number of amides is 1. The van der Waals surface area contributed by atoms with Crippen molar-refractivity contribution in [1.29, 1.82) is 0 Å². The summed E-state index contributed by atoms with van der Waals surface area (Å²) in [6, 6.07) is 13.1. The molecule has 0 saturated heterocycles. The molecule has 1 N–H and O–H groups in total. The SMILES string of the molecule is O=C(NCc1ccco1)c1nn(-c2ccc(Cl)cc2)c(=O)n(Cc2cccnc2)c1=O. The standard InChI is InChI=1S/C21H16ClN5O4/c22-15-5-7-16(8-6-15)27-21(30)26(13-14-3-1-9-23-11-14)20(29)18(25-27)19(28)24-12-17-4-2-10-31-17/h1-11H,12-13H2,(H,24,28). The smallest absolute Gasteiger partial charge is 0.352 e. The van der Waals surface area contributed by atoms with E-state index in [2.05, 4.69) is 15.4 Å². The first-order valence-electron chi connectivity index (χ1n) is 9.22. The molecule has 1 aromatic carbocycles. The van der Waals surface area contributed by atoms with Crippen LogP contribution in [0.3, 0.4) is 0 Å². The highest BCUT2D eigenvalue weighted by atomic mass is 35.5. The van der Waals surface area contributed by atoms with Crippen molar-refractivity contribution in [3.05, 3.63) is 110 Å². The number of halogens is 1. The van der Waals surface area contributed by atoms with Crippen LogP contribution in [0.5, 0.6) is 0 Å². The Morgan fingerprint density at radius 2 is 1.90 bits per heavy atom. The maximum absolute atomic E-state index is 13.1. The molecule has 156 valence electrons. The van der Waals surface area contributed by atoms with Gasteiger partial charge in [-0.25, -0.2) is 4.79 Å². The third-order valence-electron chi connectivity index (χ3n) is 4.41. The minimum Gasteiger partial charge on any atom is -0.467 e. The Balaban J connectivity index is 1.79. The van der Waals surface area contributed by atoms with Gasteiger partial charge in [-0.3, -0.25) is 19.1 Å². The molecule has 0 aliphatic rings. The van der Waals surface area contributed by atoms with Crippen LogP contribution < -0.4 is 16.6 Å². The summed E-state index contributed by atoms with van der Waals surface area (Å²) in [5, 5.41) is 7.10. The summed E-state index contributed by atoms with van der Waals surface area (Å²) >= 11 is 5.93. The number of nitrogens with one attached hydrogen (secondary N) is 1. The van der Waals surface area contributed by atoms with E-state index in [4.69, 9.17) is 16.0 Å². The van der Waals surface area contributed by atoms with Gasteiger partial charge in [-0.2, -0.15) is 9.78 Å². The van der Waals surface area contributed by atoms with Crippen LogP contribution in [0.2, 0.25) is 5.02 Å². The first kappa shape index (κ1) is 20.3. The Morgan fingerprint density at radius 1 is 1.10 bits per heavy atom. The predicted octanol–water partition coefficient (Wildman–Crippen LogP) is 2.01. The van der Waals surface area contributed by atoms with Crippen molar-refractivity contribution < 1.29 is 9.21 Å². The van der Waals surface area contributed by atoms with Crippen molar-refractivity contribution in [2.45, 2.75) is 13.1 Å². The Kier molecular flexibility index (Phi) is 5.76. The van der Waals surface area contributed by atoms with Gasteiger partial charge >= 0.3 is 5.69 Å². The van der Waals surface area contributed by atoms with Gasteiger partial charge in [0.25, 0.3) is 11.5 Å². The maximum atomic E-state index is 13.1. The summed E-state index contributed by atoms with van der Waals surface area (Å²) in [4.78, 5) is 42.8. The Bertz CT molecular complexity index is 1310. The zero-order valence-electron chi connectivity index (χ0n) is 16.1. The summed E-state index contributed by atoms with van der Waals surface area (Å²) in [5.74, 6) is -0.223. The minimum absolute atomic E-state index is 0.0651. The number of hydrogen-bond donors (Lipinski definition) is 1. The number of aromatic nitrogens is 4. The van der Waals surface area contributed by atoms with Crippen molar-refractivity contribution in [3.8, 4) is 5.69 Å². The number of nitrogens with zero attached hydrogens (tertiary/aromatic N) is 4. The van der Waals surface area contributed by atoms with Crippen LogP contribution in [0, 0.1) is 0 Å². The molecular formula is C21H16ClN5O4. The molecule has 0 bridgehead atoms. The quantitative estimate of drug-likeness (QED) is 0.494. The van der Waals surface area contributed by atoms with E-state index in [9.17, 15) is 14.4 Å². The molecule has 0 fully saturated rings. The Hall–Kier alpha value is -3.98. The largest absolute Gasteiger partial charge is 0.467 e. The summed E-state index contributed by atoms with van der Waals surface area (Å²) < 4.78 is 7.12. The number of pyridine rings is 1. The zero-order valence-corrected chi connectivity index (χ0v) is 16.8. The van der Waals surface area contributed by atoms with Gasteiger partial charge in [-0.1, -0.05) is 17.7 Å². The molecule has 10 heteroatoms. The van der Waals surface area contributed by atoms with E-state index < -0.39 is 22.9 Å². The first-order valence-corrected chi connectivity index (χ1v) is 9.60. The monoisotopic (exact) mass is 437 g/mol. The highest BCUT2D eigenvalue weighted by Crippen LogP contribution is 2.11. The van der Waals surface area contributed by atoms with Crippen LogP contribution in [0.15, 0.2) is 81.2 Å². The second kappa shape index (κ2) is 8.80. The number of hydrogen-bond acceptors (Lipinski definition) is 6. The average molecular weight is 438 g/mol. The van der Waals surface area contributed by atoms with E-state index in [1.54, 1.807) is 54.7 Å². The average Bonchev–Trinajstić information content (AvgIpc) is 3.30. The normalized spacial score (nSPS) is 10.7. The van der Waals surface area contributed by atoms with Gasteiger partial charge in [-0.05, 0) is 48.0 Å². The molecule has 0 aliphatic heterocycles. The first-order chi connectivity index (χ1) is 15.0. The fourth-order valence-electron chi connectivity index (χ4n) is 2.89. The molecule has 4 rings (SSSR count). The topological polar surface area (TPSA) is 112 Å². The lowest BCUT2D eigenvalue weighted by molar-refractivity contribution is 0.0938. The molecule has 0 unspecified atom stereocenters. The Morgan fingerprint density at radius 3 is 2.58 bits per heavy atom. The van der Waals surface area contributed by atoms with Gasteiger partial charge < -0.3 is 9.73 Å². The minimum atomic E-state index is -0.809. The number of rotatable bonds is 6. The van der Waals surface area contributed by atoms with Gasteiger partial charge in [0, 0.05) is 17.4 Å². The lowest BCUT2D eigenvalue weighted by Crippen LogP contribution is -2.46. The van der Waals surface area contributed by atoms with Gasteiger partial charge in [0.2, 0.25) is 5.69 Å². The fraction of sp³-hybridized carbons (Fsp3) is 0.0952. The summed E-state index contributed by atoms with van der Waals surface area (Å²) in [7, 11) is 0. The fourth-order valence-corrected chi connectivity index (χ4v) is 3.01. The molecule has 0 aliphatic carbocycles. The maximum Gasteiger partial charge on any atom is 0.352 e. The molecule has 1 amide bonds. The van der Waals surface area contributed by atoms with E-state index in [1.807, 2.05) is 0 Å². The highest BCUT2D eigenvalue weighted by Gasteiger charge is 2.20. The van der Waals surface area contributed by atoms with Crippen molar-refractivity contribution in [2.24, 2.45) is 0 Å². The molecule has 9 nitrogen and oxygen atoms in total. The van der Waals surface area contributed by atoms with Crippen LogP contribution in [0.4, 0.5) is 0 Å². The molecule has 3 heterocycles. The van der Waals surface area contributed by atoms with Gasteiger partial charge in [0.1, 0.15) is 5.76 Å². The second-order valence-corrected chi connectivity index (χ2v) is 6.97. The van der Waals surface area contributed by atoms with E-state index in [1.165, 1.54) is 12.5 Å². The van der Waals surface area contributed by atoms with Crippen LogP contribution in [0.25, 0.3) is 5.69 Å². The molecule has 0 saturated carbocycles. The van der Waals surface area contributed by atoms with E-state index in [0.717, 1.165) is 9.25 Å². The van der Waals surface area contributed by atoms with Crippen LogP contribution >= 0.6 is 11.6 Å². The van der Waals surface area contributed by atoms with E-state index >= 15 is 0 Å². The third kappa shape index (κ3) is 4.46. The van der Waals surface area contributed by atoms with Crippen molar-refractivity contribution in [2.75, 3.05) is 0 Å². The number of carbonyl (C=O) groups is 1. The number of furan rings is 1. The van der Waals surface area contributed by atoms with Gasteiger partial charge in [0.05, 0.1) is 25.0 Å². The highest BCUT2D eigenvalue weighted by molar-refractivity contribution is 6.30. The number of carbonyl (C=O) groups excluding carboxylic acids is 1. The van der Waals surface area contributed by atoms with Crippen LogP contribution in [0.1, 0.15) is 21.8 Å². The molecule has 4 aromatic rings. The lowest BCUT2D eigenvalue weighted by Gasteiger charge is -2.12. The summed E-state index contributed by atoms with van der Waals surface area (Å²) in [6.45, 7) is -0.00426. The molecule has 0 spiro atoms. The van der Waals surface area contributed by atoms with E-state index in [0.29, 0.717) is 22.0 Å². The van der Waals surface area contributed by atoms with Crippen LogP contribution in [-0.4, -0.2) is 25.2 Å². The van der Waals surface area contributed by atoms with Crippen molar-refractivity contribution >= 4 is 17.5 Å². The van der Waals surface area contributed by atoms with Crippen LogP contribution in [-0.2, 0) is 13.1 Å². The van der Waals surface area contributed by atoms with E-state index in [-0.39, 0.29) is 13.1 Å². The second-order valence-electron chi connectivity index (χ2n) is 6.53. The number of benzene rings is 1. The van der Waals surface area contributed by atoms with Gasteiger partial charge in [-0.15, -0.1) is 0 Å². The van der Waals surface area contributed by atoms with Crippen molar-refractivity contribution in [1.82, 2.24) is 24.6 Å².